The first-order chi connectivity index (χ1) is 14.7. The number of hydrogen-bond donors (Lipinski definition) is 1. The molecule has 2 aromatic rings. The number of piperidine rings is 1. The standard InChI is InChI=1S/C23H24N4O3S/c1-31(29,30)22-13-18(9-10-19(22)14-24)17-7-5-16(6-8-17)12-20(15-25)27-11-3-2-4-21(27)23(26)28/h5-10,13,20-21H,2-4,11-12H2,1H3,(H2,26,28)/t20-,21?/m0/s1. The molecule has 7 nitrogen and oxygen atoms in total. The molecule has 8 heteroatoms. The smallest absolute Gasteiger partial charge is 0.234 e. The molecule has 31 heavy (non-hydrogen) atoms. The van der Waals surface area contributed by atoms with Crippen LogP contribution in [0.4, 0.5) is 0 Å². The summed E-state index contributed by atoms with van der Waals surface area (Å²) in [6.45, 7) is 0.670. The maximum atomic E-state index is 12.0. The summed E-state index contributed by atoms with van der Waals surface area (Å²) in [5, 5.41) is 18.9. The second kappa shape index (κ2) is 9.30. The molecule has 0 aromatic heterocycles. The van der Waals surface area contributed by atoms with Crippen molar-refractivity contribution in [1.29, 1.82) is 10.5 Å². The molecule has 0 radical (unpaired) electrons. The molecule has 2 aromatic carbocycles. The Labute approximate surface area is 182 Å². The first-order valence-corrected chi connectivity index (χ1v) is 11.9. The second-order valence-corrected chi connectivity index (χ2v) is 9.78. The molecule has 1 fully saturated rings. The Kier molecular flexibility index (Phi) is 6.74. The number of sulfone groups is 1. The van der Waals surface area contributed by atoms with Crippen LogP contribution < -0.4 is 5.73 Å². The first-order valence-electron chi connectivity index (χ1n) is 10.0. The number of nitrogens with two attached hydrogens (primary N) is 1. The summed E-state index contributed by atoms with van der Waals surface area (Å²) in [5.74, 6) is -0.391. The van der Waals surface area contributed by atoms with Gasteiger partial charge in [0.1, 0.15) is 12.1 Å². The van der Waals surface area contributed by atoms with Crippen molar-refractivity contribution >= 4 is 15.7 Å². The molecule has 1 heterocycles. The van der Waals surface area contributed by atoms with Crippen molar-refractivity contribution in [1.82, 2.24) is 4.90 Å². The van der Waals surface area contributed by atoms with E-state index in [0.717, 1.165) is 30.2 Å². The predicted octanol–water partition coefficient (Wildman–Crippen LogP) is 2.40. The van der Waals surface area contributed by atoms with Crippen LogP contribution >= 0.6 is 0 Å². The number of rotatable bonds is 6. The van der Waals surface area contributed by atoms with Crippen LogP contribution in [0.2, 0.25) is 0 Å². The minimum atomic E-state index is -3.53. The number of amides is 1. The van der Waals surface area contributed by atoms with E-state index in [0.29, 0.717) is 24.9 Å². The lowest BCUT2D eigenvalue weighted by molar-refractivity contribution is -0.125. The summed E-state index contributed by atoms with van der Waals surface area (Å²) in [5.41, 5.74) is 8.08. The van der Waals surface area contributed by atoms with Crippen molar-refractivity contribution in [2.24, 2.45) is 5.73 Å². The Balaban J connectivity index is 1.83. The highest BCUT2D eigenvalue weighted by Crippen LogP contribution is 2.27. The number of nitriles is 2. The maximum Gasteiger partial charge on any atom is 0.234 e. The summed E-state index contributed by atoms with van der Waals surface area (Å²) >= 11 is 0. The highest BCUT2D eigenvalue weighted by Gasteiger charge is 2.32. The molecule has 0 spiro atoms. The van der Waals surface area contributed by atoms with Crippen molar-refractivity contribution in [2.45, 2.75) is 42.7 Å². The number of primary amides is 1. The van der Waals surface area contributed by atoms with Crippen LogP contribution in [0.5, 0.6) is 0 Å². The van der Waals surface area contributed by atoms with E-state index in [4.69, 9.17) is 5.73 Å². The normalized spacial score (nSPS) is 18.0. The van der Waals surface area contributed by atoms with Crippen molar-refractivity contribution < 1.29 is 13.2 Å². The molecule has 2 atom stereocenters. The zero-order valence-corrected chi connectivity index (χ0v) is 18.1. The van der Waals surface area contributed by atoms with Gasteiger partial charge in [-0.05, 0) is 41.7 Å². The summed E-state index contributed by atoms with van der Waals surface area (Å²) in [6.07, 6.45) is 4.08. The van der Waals surface area contributed by atoms with Crippen molar-refractivity contribution in [2.75, 3.05) is 12.8 Å². The molecule has 1 aliphatic rings. The molecule has 1 saturated heterocycles. The van der Waals surface area contributed by atoms with Gasteiger partial charge < -0.3 is 5.73 Å². The zero-order valence-electron chi connectivity index (χ0n) is 17.3. The molecule has 1 unspecified atom stereocenters. The van der Waals surface area contributed by atoms with Crippen molar-refractivity contribution in [3.63, 3.8) is 0 Å². The molecule has 160 valence electrons. The third kappa shape index (κ3) is 5.11. The van der Waals surface area contributed by atoms with Crippen molar-refractivity contribution in [3.05, 3.63) is 53.6 Å². The van der Waals surface area contributed by atoms with Gasteiger partial charge in [0.2, 0.25) is 5.91 Å². The lowest BCUT2D eigenvalue weighted by atomic mass is 9.95. The van der Waals surface area contributed by atoms with Crippen LogP contribution in [0.3, 0.4) is 0 Å². The van der Waals surface area contributed by atoms with Gasteiger partial charge >= 0.3 is 0 Å². The Hall–Kier alpha value is -3.20. The third-order valence-corrected chi connectivity index (χ3v) is 6.78. The van der Waals surface area contributed by atoms with Gasteiger partial charge in [-0.15, -0.1) is 0 Å². The lowest BCUT2D eigenvalue weighted by Gasteiger charge is -2.36. The number of carbonyl (C=O) groups excluding carboxylic acids is 1. The van der Waals surface area contributed by atoms with Gasteiger partial charge in [-0.3, -0.25) is 9.69 Å². The Morgan fingerprint density at radius 1 is 1.16 bits per heavy atom. The average Bonchev–Trinajstić information content (AvgIpc) is 2.77. The highest BCUT2D eigenvalue weighted by molar-refractivity contribution is 7.90. The third-order valence-electron chi connectivity index (χ3n) is 5.64. The SMILES string of the molecule is CS(=O)(=O)c1cc(-c2ccc(C[C@@H](C#N)N3CCCCC3C(N)=O)cc2)ccc1C#N. The molecular weight excluding hydrogens is 412 g/mol. The molecular formula is C23H24N4O3S. The Bertz CT molecular complexity index is 1160. The summed E-state index contributed by atoms with van der Waals surface area (Å²) in [6, 6.07) is 15.6. The quantitative estimate of drug-likeness (QED) is 0.740. The molecule has 0 bridgehead atoms. The average molecular weight is 437 g/mol. The number of benzene rings is 2. The number of hydrogen-bond acceptors (Lipinski definition) is 6. The minimum Gasteiger partial charge on any atom is -0.368 e. The van der Waals surface area contributed by atoms with E-state index in [1.54, 1.807) is 6.07 Å². The lowest BCUT2D eigenvalue weighted by Crippen LogP contribution is -2.52. The maximum absolute atomic E-state index is 12.0. The van der Waals surface area contributed by atoms with Gasteiger partial charge in [0.25, 0.3) is 0 Å². The molecule has 1 amide bonds. The monoisotopic (exact) mass is 436 g/mol. The van der Waals surface area contributed by atoms with E-state index < -0.39 is 27.8 Å². The predicted molar refractivity (Wildman–Crippen MR) is 116 cm³/mol. The van der Waals surface area contributed by atoms with Crippen LogP contribution in [-0.2, 0) is 21.1 Å². The number of carbonyl (C=O) groups is 1. The van der Waals surface area contributed by atoms with Gasteiger partial charge in [-0.25, -0.2) is 8.42 Å². The van der Waals surface area contributed by atoms with E-state index in [2.05, 4.69) is 6.07 Å². The van der Waals surface area contributed by atoms with Crippen LogP contribution in [0.25, 0.3) is 11.1 Å². The molecule has 0 aliphatic carbocycles. The molecule has 0 saturated carbocycles. The summed E-state index contributed by atoms with van der Waals surface area (Å²) in [4.78, 5) is 13.7. The fraction of sp³-hybridized carbons (Fsp3) is 0.348. The second-order valence-electron chi connectivity index (χ2n) is 7.79. The van der Waals surface area contributed by atoms with Gasteiger partial charge in [0, 0.05) is 19.2 Å². The number of nitrogens with zero attached hydrogens (tertiary/aromatic N) is 3. The number of likely N-dealkylation sites (tertiary alicyclic amines) is 1. The van der Waals surface area contributed by atoms with Crippen LogP contribution in [0.15, 0.2) is 47.4 Å². The fourth-order valence-electron chi connectivity index (χ4n) is 4.03. The molecule has 2 N–H and O–H groups in total. The summed E-state index contributed by atoms with van der Waals surface area (Å²) < 4.78 is 24.0. The zero-order chi connectivity index (χ0) is 22.6. The topological polar surface area (TPSA) is 128 Å². The van der Waals surface area contributed by atoms with E-state index in [1.807, 2.05) is 35.2 Å². The van der Waals surface area contributed by atoms with Crippen LogP contribution in [-0.4, -0.2) is 44.1 Å². The van der Waals surface area contributed by atoms with Crippen LogP contribution in [0, 0.1) is 22.7 Å². The van der Waals surface area contributed by atoms with E-state index in [1.165, 1.54) is 12.1 Å². The largest absolute Gasteiger partial charge is 0.368 e. The molecule has 3 rings (SSSR count). The Morgan fingerprint density at radius 3 is 2.42 bits per heavy atom. The van der Waals surface area contributed by atoms with Gasteiger partial charge in [-0.2, -0.15) is 10.5 Å². The van der Waals surface area contributed by atoms with Gasteiger partial charge in [0.05, 0.1) is 22.6 Å². The Morgan fingerprint density at radius 2 is 1.84 bits per heavy atom. The molecule has 1 aliphatic heterocycles. The fourth-order valence-corrected chi connectivity index (χ4v) is 4.88. The minimum absolute atomic E-state index is 0.00344. The van der Waals surface area contributed by atoms with Crippen LogP contribution in [0.1, 0.15) is 30.4 Å². The van der Waals surface area contributed by atoms with Gasteiger partial charge in [0.15, 0.2) is 9.84 Å². The van der Waals surface area contributed by atoms with Crippen molar-refractivity contribution in [3.8, 4) is 23.3 Å². The van der Waals surface area contributed by atoms with E-state index in [9.17, 15) is 23.7 Å². The highest BCUT2D eigenvalue weighted by atomic mass is 32.2. The van der Waals surface area contributed by atoms with E-state index >= 15 is 0 Å². The summed E-state index contributed by atoms with van der Waals surface area (Å²) in [7, 11) is -3.53. The van der Waals surface area contributed by atoms with Gasteiger partial charge in [-0.1, -0.05) is 36.8 Å². The van der Waals surface area contributed by atoms with E-state index in [-0.39, 0.29) is 10.5 Å². The first kappa shape index (κ1) is 22.5.